The van der Waals surface area contributed by atoms with Gasteiger partial charge >= 0.3 is 0 Å². The van der Waals surface area contributed by atoms with Crippen LogP contribution in [0.3, 0.4) is 0 Å². The summed E-state index contributed by atoms with van der Waals surface area (Å²) in [6, 6.07) is 21.8. The number of fused-ring (bicyclic) bond motifs is 1. The number of aryl methyl sites for hydroxylation is 1. The molecule has 0 bridgehead atoms. The molecule has 0 radical (unpaired) electrons. The summed E-state index contributed by atoms with van der Waals surface area (Å²) in [6.45, 7) is 4.89. The second-order valence-corrected chi connectivity index (χ2v) is 8.66. The Kier molecular flexibility index (Phi) is 6.97. The Bertz CT molecular complexity index is 1240. The van der Waals surface area contributed by atoms with Gasteiger partial charge in [0.05, 0.1) is 16.8 Å². The van der Waals surface area contributed by atoms with Gasteiger partial charge in [-0.2, -0.15) is 0 Å². The summed E-state index contributed by atoms with van der Waals surface area (Å²) in [6.07, 6.45) is 5.41. The van der Waals surface area contributed by atoms with E-state index in [2.05, 4.69) is 37.4 Å². The van der Waals surface area contributed by atoms with Crippen LogP contribution in [0.2, 0.25) is 0 Å². The highest BCUT2D eigenvalue weighted by atomic mass is 32.1. The summed E-state index contributed by atoms with van der Waals surface area (Å²) >= 11 is 1.68. The smallest absolute Gasteiger partial charge is 0.248 e. The lowest BCUT2D eigenvalue weighted by Crippen LogP contribution is -2.07. The van der Waals surface area contributed by atoms with Gasteiger partial charge in [0.25, 0.3) is 0 Å². The summed E-state index contributed by atoms with van der Waals surface area (Å²) in [5.41, 5.74) is 4.91. The van der Waals surface area contributed by atoms with Gasteiger partial charge in [-0.05, 0) is 67.4 Å². The van der Waals surface area contributed by atoms with Gasteiger partial charge in [-0.1, -0.05) is 37.6 Å². The van der Waals surface area contributed by atoms with Crippen LogP contribution in [-0.2, 0) is 4.79 Å². The molecule has 4 nitrogen and oxygen atoms in total. The predicted molar refractivity (Wildman–Crippen MR) is 134 cm³/mol. The van der Waals surface area contributed by atoms with Gasteiger partial charge in [0.15, 0.2) is 0 Å². The number of anilines is 1. The van der Waals surface area contributed by atoms with Gasteiger partial charge in [-0.3, -0.25) is 4.79 Å². The number of carbonyl (C=O) groups is 1. The quantitative estimate of drug-likeness (QED) is 0.234. The topological polar surface area (TPSA) is 51.2 Å². The van der Waals surface area contributed by atoms with Crippen LogP contribution >= 0.6 is 11.3 Å². The van der Waals surface area contributed by atoms with Gasteiger partial charge < -0.3 is 10.1 Å². The zero-order valence-electron chi connectivity index (χ0n) is 18.3. The summed E-state index contributed by atoms with van der Waals surface area (Å²) in [4.78, 5) is 17.1. The number of nitrogens with zero attached hydrogens (tertiary/aromatic N) is 1. The predicted octanol–water partition coefficient (Wildman–Crippen LogP) is 7.10. The Labute approximate surface area is 192 Å². The maximum Gasteiger partial charge on any atom is 0.248 e. The van der Waals surface area contributed by atoms with Crippen LogP contribution in [-0.4, -0.2) is 17.5 Å². The van der Waals surface area contributed by atoms with Gasteiger partial charge in [-0.25, -0.2) is 4.98 Å². The zero-order chi connectivity index (χ0) is 22.3. The molecular formula is C27H26N2O2S. The number of rotatable bonds is 8. The lowest BCUT2D eigenvalue weighted by atomic mass is 10.2. The molecule has 4 rings (SSSR count). The molecule has 4 aromatic rings. The molecule has 32 heavy (non-hydrogen) atoms. The highest BCUT2D eigenvalue weighted by Crippen LogP contribution is 2.31. The van der Waals surface area contributed by atoms with E-state index in [-0.39, 0.29) is 5.91 Å². The fraction of sp³-hybridized carbons (Fsp3) is 0.185. The van der Waals surface area contributed by atoms with Crippen LogP contribution in [0.5, 0.6) is 5.75 Å². The third kappa shape index (κ3) is 5.42. The average Bonchev–Trinajstić information content (AvgIpc) is 3.22. The maximum absolute atomic E-state index is 12.4. The molecule has 0 atom stereocenters. The maximum atomic E-state index is 12.4. The third-order valence-corrected chi connectivity index (χ3v) is 6.10. The van der Waals surface area contributed by atoms with Crippen molar-refractivity contribution in [2.24, 2.45) is 0 Å². The molecule has 1 heterocycles. The molecular weight excluding hydrogens is 416 g/mol. The lowest BCUT2D eigenvalue weighted by Gasteiger charge is -2.08. The Morgan fingerprint density at radius 1 is 1.09 bits per heavy atom. The van der Waals surface area contributed by atoms with Crippen molar-refractivity contribution in [3.8, 4) is 16.3 Å². The van der Waals surface area contributed by atoms with E-state index in [9.17, 15) is 4.79 Å². The molecule has 0 aliphatic carbocycles. The minimum Gasteiger partial charge on any atom is -0.493 e. The summed E-state index contributed by atoms with van der Waals surface area (Å²) in [5, 5.41) is 3.89. The van der Waals surface area contributed by atoms with Gasteiger partial charge in [0.2, 0.25) is 5.91 Å². The second-order valence-electron chi connectivity index (χ2n) is 7.63. The first-order chi connectivity index (χ1) is 15.6. The van der Waals surface area contributed by atoms with E-state index in [0.29, 0.717) is 6.61 Å². The molecule has 1 N–H and O–H groups in total. The van der Waals surface area contributed by atoms with Crippen molar-refractivity contribution in [3.05, 3.63) is 83.9 Å². The summed E-state index contributed by atoms with van der Waals surface area (Å²) in [7, 11) is 0. The molecule has 1 aromatic heterocycles. The number of hydrogen-bond donors (Lipinski definition) is 1. The summed E-state index contributed by atoms with van der Waals surface area (Å²) in [5.74, 6) is 0.608. The van der Waals surface area contributed by atoms with Crippen LogP contribution in [0.1, 0.15) is 30.9 Å². The van der Waals surface area contributed by atoms with Crippen LogP contribution < -0.4 is 10.1 Å². The number of carbonyl (C=O) groups excluding carboxylic acids is 1. The van der Waals surface area contributed by atoms with Crippen molar-refractivity contribution in [3.63, 3.8) is 0 Å². The largest absolute Gasteiger partial charge is 0.493 e. The normalized spacial score (nSPS) is 11.2. The van der Waals surface area contributed by atoms with E-state index < -0.39 is 0 Å². The number of benzene rings is 3. The average molecular weight is 443 g/mol. The Morgan fingerprint density at radius 3 is 2.72 bits per heavy atom. The molecule has 0 saturated heterocycles. The molecule has 0 aliphatic heterocycles. The molecule has 1 amide bonds. The van der Waals surface area contributed by atoms with Gasteiger partial charge in [0, 0.05) is 22.9 Å². The number of thiazole rings is 1. The molecule has 0 saturated carbocycles. The number of para-hydroxylation sites is 1. The first-order valence-electron chi connectivity index (χ1n) is 10.8. The lowest BCUT2D eigenvalue weighted by molar-refractivity contribution is -0.111. The Balaban J connectivity index is 1.41. The molecule has 5 heteroatoms. The highest BCUT2D eigenvalue weighted by molar-refractivity contribution is 7.21. The number of ether oxygens (including phenoxy) is 1. The van der Waals surface area contributed by atoms with Crippen LogP contribution in [0.15, 0.2) is 72.8 Å². The van der Waals surface area contributed by atoms with Crippen LogP contribution in [0.4, 0.5) is 5.69 Å². The van der Waals surface area contributed by atoms with Crippen LogP contribution in [0, 0.1) is 6.92 Å². The fourth-order valence-electron chi connectivity index (χ4n) is 3.28. The SMILES string of the molecule is CCCCOc1ccccc1C=CC(=O)Nc1ccc(-c2nc3ccc(C)cc3s2)cc1. The summed E-state index contributed by atoms with van der Waals surface area (Å²) < 4.78 is 7.01. The third-order valence-electron chi connectivity index (χ3n) is 5.03. The minimum atomic E-state index is -0.184. The minimum absolute atomic E-state index is 0.184. The van der Waals surface area contributed by atoms with E-state index in [1.54, 1.807) is 17.4 Å². The van der Waals surface area contributed by atoms with Gasteiger partial charge in [0.1, 0.15) is 10.8 Å². The number of amides is 1. The highest BCUT2D eigenvalue weighted by Gasteiger charge is 2.07. The first-order valence-corrected chi connectivity index (χ1v) is 11.6. The number of aromatic nitrogens is 1. The molecule has 0 spiro atoms. The van der Waals surface area contributed by atoms with Crippen molar-refractivity contribution in [2.75, 3.05) is 11.9 Å². The van der Waals surface area contributed by atoms with Crippen molar-refractivity contribution in [1.29, 1.82) is 0 Å². The second kappa shape index (κ2) is 10.2. The van der Waals surface area contributed by atoms with Crippen molar-refractivity contribution >= 4 is 39.2 Å². The van der Waals surface area contributed by atoms with Gasteiger partial charge in [-0.15, -0.1) is 11.3 Å². The molecule has 3 aromatic carbocycles. The van der Waals surface area contributed by atoms with Crippen molar-refractivity contribution in [2.45, 2.75) is 26.7 Å². The monoisotopic (exact) mass is 442 g/mol. The molecule has 0 unspecified atom stereocenters. The number of nitrogens with one attached hydrogen (secondary N) is 1. The standard InChI is InChI=1S/C27H26N2O2S/c1-3-4-17-31-24-8-6-5-7-20(24)12-16-26(30)28-22-13-10-21(11-14-22)27-29-23-15-9-19(2)18-25(23)32-27/h5-16,18H,3-4,17H2,1-2H3,(H,28,30). The first kappa shape index (κ1) is 21.8. The van der Waals surface area contributed by atoms with E-state index in [4.69, 9.17) is 9.72 Å². The number of unbranched alkanes of at least 4 members (excludes halogenated alkanes) is 1. The van der Waals surface area contributed by atoms with E-state index in [0.717, 1.165) is 45.9 Å². The fourth-order valence-corrected chi connectivity index (χ4v) is 4.35. The molecule has 0 fully saturated rings. The Hall–Kier alpha value is -3.44. The molecule has 0 aliphatic rings. The van der Waals surface area contributed by atoms with Crippen molar-refractivity contribution in [1.82, 2.24) is 4.98 Å². The van der Waals surface area contributed by atoms with E-state index >= 15 is 0 Å². The Morgan fingerprint density at radius 2 is 1.91 bits per heavy atom. The van der Waals surface area contributed by atoms with E-state index in [1.807, 2.05) is 48.5 Å². The molecule has 162 valence electrons. The number of hydrogen-bond acceptors (Lipinski definition) is 4. The van der Waals surface area contributed by atoms with E-state index in [1.165, 1.54) is 16.3 Å². The van der Waals surface area contributed by atoms with Crippen LogP contribution in [0.25, 0.3) is 26.9 Å². The zero-order valence-corrected chi connectivity index (χ0v) is 19.1. The van der Waals surface area contributed by atoms with Crippen molar-refractivity contribution < 1.29 is 9.53 Å².